The second-order valence-electron chi connectivity index (χ2n) is 5.81. The largest absolute Gasteiger partial charge is 0.469 e. The molecule has 0 fully saturated rings. The smallest absolute Gasteiger partial charge is 0.390 e. The Morgan fingerprint density at radius 3 is 2.64 bits per heavy atom. The summed E-state index contributed by atoms with van der Waals surface area (Å²) >= 11 is 0. The molecule has 6 heteroatoms. The van der Waals surface area contributed by atoms with E-state index in [-0.39, 0.29) is 12.0 Å². The van der Waals surface area contributed by atoms with Crippen LogP contribution in [0.2, 0.25) is 0 Å². The zero-order chi connectivity index (χ0) is 16.5. The first kappa shape index (κ1) is 16.5. The van der Waals surface area contributed by atoms with E-state index < -0.39 is 36.2 Å². The lowest BCUT2D eigenvalue weighted by Gasteiger charge is -2.36. The van der Waals surface area contributed by atoms with Crippen molar-refractivity contribution in [2.24, 2.45) is 5.41 Å². The monoisotopic (exact) mass is 314 g/mol. The summed E-state index contributed by atoms with van der Waals surface area (Å²) in [4.78, 5) is 24.2. The van der Waals surface area contributed by atoms with Crippen molar-refractivity contribution in [3.8, 4) is 0 Å². The number of halogens is 3. The molecule has 2 rings (SSSR count). The zero-order valence-corrected chi connectivity index (χ0v) is 12.4. The van der Waals surface area contributed by atoms with Crippen LogP contribution in [0.1, 0.15) is 40.7 Å². The average molecular weight is 314 g/mol. The molecule has 0 aliphatic heterocycles. The topological polar surface area (TPSA) is 43.4 Å². The summed E-state index contributed by atoms with van der Waals surface area (Å²) in [6.07, 6.45) is -6.03. The van der Waals surface area contributed by atoms with Gasteiger partial charge >= 0.3 is 12.1 Å². The molecule has 120 valence electrons. The molecule has 0 bridgehead atoms. The first-order chi connectivity index (χ1) is 10.2. The number of carbonyl (C=O) groups excluding carboxylic acids is 2. The molecule has 0 saturated carbocycles. The SMILES string of the molecule is COC(=O)CC1(CC(F)(F)F)CCc2cc(C)ccc2C1=O. The van der Waals surface area contributed by atoms with E-state index >= 15 is 0 Å². The van der Waals surface area contributed by atoms with Crippen LogP contribution in [-0.2, 0) is 16.0 Å². The Kier molecular flexibility index (Phi) is 4.31. The normalized spacial score (nSPS) is 21.4. The van der Waals surface area contributed by atoms with Gasteiger partial charge in [-0.3, -0.25) is 9.59 Å². The Hall–Kier alpha value is -1.85. The van der Waals surface area contributed by atoms with Crippen LogP contribution in [0.4, 0.5) is 13.2 Å². The summed E-state index contributed by atoms with van der Waals surface area (Å²) in [5.74, 6) is -1.41. The van der Waals surface area contributed by atoms with Crippen molar-refractivity contribution < 1.29 is 27.5 Å². The summed E-state index contributed by atoms with van der Waals surface area (Å²) in [5, 5.41) is 0. The second-order valence-corrected chi connectivity index (χ2v) is 5.81. The Bertz CT molecular complexity index is 607. The Morgan fingerprint density at radius 1 is 1.36 bits per heavy atom. The third kappa shape index (κ3) is 3.31. The van der Waals surface area contributed by atoms with Gasteiger partial charge in [0.1, 0.15) is 0 Å². The van der Waals surface area contributed by atoms with Crippen molar-refractivity contribution in [3.05, 3.63) is 34.9 Å². The summed E-state index contributed by atoms with van der Waals surface area (Å²) in [6, 6.07) is 5.05. The highest BCUT2D eigenvalue weighted by Gasteiger charge is 2.51. The first-order valence-electron chi connectivity index (χ1n) is 6.95. The summed E-state index contributed by atoms with van der Waals surface area (Å²) in [7, 11) is 1.11. The lowest BCUT2D eigenvalue weighted by Crippen LogP contribution is -2.41. The van der Waals surface area contributed by atoms with Gasteiger partial charge in [-0.1, -0.05) is 23.8 Å². The summed E-state index contributed by atoms with van der Waals surface area (Å²) in [5.41, 5.74) is 0.216. The van der Waals surface area contributed by atoms with E-state index in [4.69, 9.17) is 0 Å². The standard InChI is InChI=1S/C16H17F3O3/c1-10-3-4-12-11(7-10)5-6-15(14(12)21,8-13(20)22-2)9-16(17,18)19/h3-4,7H,5-6,8-9H2,1-2H3. The van der Waals surface area contributed by atoms with Crippen LogP contribution >= 0.6 is 0 Å². The molecular weight excluding hydrogens is 297 g/mol. The number of methoxy groups -OCH3 is 1. The van der Waals surface area contributed by atoms with E-state index in [0.717, 1.165) is 18.2 Å². The molecule has 22 heavy (non-hydrogen) atoms. The molecule has 0 aromatic heterocycles. The molecule has 0 spiro atoms. The number of carbonyl (C=O) groups is 2. The number of rotatable bonds is 3. The highest BCUT2D eigenvalue weighted by molar-refractivity contribution is 6.04. The molecule has 0 radical (unpaired) electrons. The number of Topliss-reactive ketones (excluding diaryl/α,β-unsaturated/α-hetero) is 1. The fourth-order valence-corrected chi connectivity index (χ4v) is 3.06. The molecule has 1 aromatic carbocycles. The minimum absolute atomic E-state index is 0.00308. The van der Waals surface area contributed by atoms with Gasteiger partial charge in [-0.25, -0.2) is 0 Å². The van der Waals surface area contributed by atoms with Crippen molar-refractivity contribution >= 4 is 11.8 Å². The molecular formula is C16H17F3O3. The maximum Gasteiger partial charge on any atom is 0.390 e. The first-order valence-corrected chi connectivity index (χ1v) is 6.95. The van der Waals surface area contributed by atoms with Gasteiger partial charge in [0.15, 0.2) is 5.78 Å². The molecule has 1 aliphatic carbocycles. The maximum absolute atomic E-state index is 12.9. The highest BCUT2D eigenvalue weighted by Crippen LogP contribution is 2.46. The lowest BCUT2D eigenvalue weighted by molar-refractivity contribution is -0.161. The van der Waals surface area contributed by atoms with Crippen LogP contribution < -0.4 is 0 Å². The highest BCUT2D eigenvalue weighted by atomic mass is 19.4. The molecule has 0 heterocycles. The van der Waals surface area contributed by atoms with Crippen LogP contribution in [0, 0.1) is 12.3 Å². The number of hydrogen-bond donors (Lipinski definition) is 0. The van der Waals surface area contributed by atoms with Gasteiger partial charge in [0.05, 0.1) is 25.4 Å². The van der Waals surface area contributed by atoms with Crippen molar-refractivity contribution in [2.45, 2.75) is 38.8 Å². The molecule has 1 aromatic rings. The van der Waals surface area contributed by atoms with Gasteiger partial charge in [-0.15, -0.1) is 0 Å². The molecule has 3 nitrogen and oxygen atoms in total. The van der Waals surface area contributed by atoms with Crippen molar-refractivity contribution in [1.82, 2.24) is 0 Å². The quantitative estimate of drug-likeness (QED) is 0.800. The van der Waals surface area contributed by atoms with E-state index in [1.54, 1.807) is 12.1 Å². The number of fused-ring (bicyclic) bond motifs is 1. The number of benzene rings is 1. The number of ketones is 1. The van der Waals surface area contributed by atoms with Crippen LogP contribution in [0.15, 0.2) is 18.2 Å². The van der Waals surface area contributed by atoms with Crippen molar-refractivity contribution in [3.63, 3.8) is 0 Å². The third-order valence-electron chi connectivity index (χ3n) is 4.11. The Balaban J connectivity index is 2.44. The number of hydrogen-bond acceptors (Lipinski definition) is 3. The van der Waals surface area contributed by atoms with Gasteiger partial charge in [0.2, 0.25) is 0 Å². The van der Waals surface area contributed by atoms with E-state index in [9.17, 15) is 22.8 Å². The fraction of sp³-hybridized carbons (Fsp3) is 0.500. The van der Waals surface area contributed by atoms with Crippen molar-refractivity contribution in [2.75, 3.05) is 7.11 Å². The van der Waals surface area contributed by atoms with Gasteiger partial charge in [0.25, 0.3) is 0 Å². The van der Waals surface area contributed by atoms with Gasteiger partial charge in [-0.2, -0.15) is 13.2 Å². The lowest BCUT2D eigenvalue weighted by atomic mass is 9.66. The zero-order valence-electron chi connectivity index (χ0n) is 12.4. The van der Waals surface area contributed by atoms with E-state index in [2.05, 4.69) is 4.74 Å². The minimum atomic E-state index is -4.52. The van der Waals surface area contributed by atoms with Gasteiger partial charge < -0.3 is 4.74 Å². The van der Waals surface area contributed by atoms with E-state index in [1.165, 1.54) is 0 Å². The molecule has 1 atom stereocenters. The van der Waals surface area contributed by atoms with Crippen molar-refractivity contribution in [1.29, 1.82) is 0 Å². The molecule has 0 saturated heterocycles. The minimum Gasteiger partial charge on any atom is -0.469 e. The summed E-state index contributed by atoms with van der Waals surface area (Å²) < 4.78 is 43.3. The molecule has 0 amide bonds. The maximum atomic E-state index is 12.9. The number of esters is 1. The molecule has 1 unspecified atom stereocenters. The van der Waals surface area contributed by atoms with Gasteiger partial charge in [-0.05, 0) is 25.3 Å². The van der Waals surface area contributed by atoms with Crippen LogP contribution in [0.25, 0.3) is 0 Å². The fourth-order valence-electron chi connectivity index (χ4n) is 3.06. The van der Waals surface area contributed by atoms with Gasteiger partial charge in [0, 0.05) is 5.56 Å². The third-order valence-corrected chi connectivity index (χ3v) is 4.11. The van der Waals surface area contributed by atoms with Crippen LogP contribution in [0.3, 0.4) is 0 Å². The number of alkyl halides is 3. The average Bonchev–Trinajstić information content (AvgIpc) is 2.41. The molecule has 1 aliphatic rings. The Labute approximate surface area is 126 Å². The van der Waals surface area contributed by atoms with Crippen LogP contribution in [0.5, 0.6) is 0 Å². The number of aryl methyl sites for hydroxylation is 2. The summed E-state index contributed by atoms with van der Waals surface area (Å²) in [6.45, 7) is 1.86. The van der Waals surface area contributed by atoms with E-state index in [0.29, 0.717) is 6.42 Å². The predicted octanol–water partition coefficient (Wildman–Crippen LogP) is 3.63. The van der Waals surface area contributed by atoms with Crippen LogP contribution in [-0.4, -0.2) is 25.0 Å². The number of ether oxygens (including phenoxy) is 1. The predicted molar refractivity (Wildman–Crippen MR) is 73.6 cm³/mol. The Morgan fingerprint density at radius 2 is 2.05 bits per heavy atom. The second kappa shape index (κ2) is 5.74. The molecule has 0 N–H and O–H groups in total. The van der Waals surface area contributed by atoms with E-state index in [1.807, 2.05) is 13.0 Å².